The number of amides is 1. The number of anilines is 1. The number of benzene rings is 1. The largest absolute Gasteiger partial charge is 0.378 e. The van der Waals surface area contributed by atoms with Gasteiger partial charge >= 0.3 is 0 Å². The van der Waals surface area contributed by atoms with E-state index in [4.69, 9.17) is 0 Å². The van der Waals surface area contributed by atoms with Gasteiger partial charge in [0.1, 0.15) is 6.04 Å². The molecule has 0 aliphatic carbocycles. The Kier molecular flexibility index (Phi) is 6.46. The van der Waals surface area contributed by atoms with Crippen molar-refractivity contribution >= 4 is 21.6 Å². The SMILES string of the molecule is CCCS(=O)(=O)N1CCCC1C(=O)N(C)Cc1ccc(N(C)C)cc1. The molecule has 6 nitrogen and oxygen atoms in total. The molecule has 0 radical (unpaired) electrons. The van der Waals surface area contributed by atoms with Gasteiger partial charge in [-0.1, -0.05) is 19.1 Å². The maximum atomic E-state index is 12.8. The Hall–Kier alpha value is -1.60. The average Bonchev–Trinajstić information content (AvgIpc) is 3.05. The molecule has 1 aromatic rings. The van der Waals surface area contributed by atoms with Gasteiger partial charge in [0.05, 0.1) is 5.75 Å². The van der Waals surface area contributed by atoms with Gasteiger partial charge in [-0.05, 0) is 37.0 Å². The quantitative estimate of drug-likeness (QED) is 0.739. The van der Waals surface area contributed by atoms with Crippen LogP contribution in [-0.4, -0.2) is 63.0 Å². The van der Waals surface area contributed by atoms with E-state index in [1.54, 1.807) is 11.9 Å². The molecule has 0 aromatic heterocycles. The highest BCUT2D eigenvalue weighted by molar-refractivity contribution is 7.89. The normalized spacial score (nSPS) is 18.3. The number of rotatable bonds is 7. The summed E-state index contributed by atoms with van der Waals surface area (Å²) in [6.07, 6.45) is 1.91. The van der Waals surface area contributed by atoms with Gasteiger partial charge in [0.2, 0.25) is 15.9 Å². The highest BCUT2D eigenvalue weighted by Gasteiger charge is 2.39. The molecule has 2 rings (SSSR count). The fourth-order valence-electron chi connectivity index (χ4n) is 3.20. The number of hydrogen-bond donors (Lipinski definition) is 0. The van der Waals surface area contributed by atoms with Crippen LogP contribution in [0.2, 0.25) is 0 Å². The van der Waals surface area contributed by atoms with Crippen molar-refractivity contribution in [2.24, 2.45) is 0 Å². The van der Waals surface area contributed by atoms with Crippen LogP contribution in [0.1, 0.15) is 31.7 Å². The molecule has 1 aromatic carbocycles. The van der Waals surface area contributed by atoms with Crippen molar-refractivity contribution in [2.45, 2.75) is 38.8 Å². The lowest BCUT2D eigenvalue weighted by Crippen LogP contribution is -2.46. The third kappa shape index (κ3) is 4.73. The van der Waals surface area contributed by atoms with Gasteiger partial charge in [0, 0.05) is 39.9 Å². The molecule has 140 valence electrons. The average molecular weight is 368 g/mol. The number of nitrogens with zero attached hydrogens (tertiary/aromatic N) is 3. The van der Waals surface area contributed by atoms with Crippen LogP contribution in [0.3, 0.4) is 0 Å². The molecule has 1 fully saturated rings. The second kappa shape index (κ2) is 8.19. The molecule has 1 saturated heterocycles. The summed E-state index contributed by atoms with van der Waals surface area (Å²) in [4.78, 5) is 16.5. The van der Waals surface area contributed by atoms with Gasteiger partial charge in [-0.15, -0.1) is 0 Å². The van der Waals surface area contributed by atoms with Crippen LogP contribution >= 0.6 is 0 Å². The van der Waals surface area contributed by atoms with E-state index in [0.29, 0.717) is 25.9 Å². The van der Waals surface area contributed by atoms with Gasteiger partial charge in [-0.2, -0.15) is 4.31 Å². The first-order valence-electron chi connectivity index (χ1n) is 8.77. The summed E-state index contributed by atoms with van der Waals surface area (Å²) in [6, 6.07) is 7.48. The minimum atomic E-state index is -3.35. The lowest BCUT2D eigenvalue weighted by atomic mass is 10.1. The number of carbonyl (C=O) groups is 1. The molecule has 7 heteroatoms. The predicted molar refractivity (Wildman–Crippen MR) is 101 cm³/mol. The monoisotopic (exact) mass is 367 g/mol. The summed E-state index contributed by atoms with van der Waals surface area (Å²) in [6.45, 7) is 2.77. The zero-order valence-corrected chi connectivity index (χ0v) is 16.4. The number of likely N-dealkylation sites (N-methyl/N-ethyl adjacent to an activating group) is 1. The van der Waals surface area contributed by atoms with Crippen LogP contribution in [0, 0.1) is 0 Å². The molecule has 1 aliphatic rings. The predicted octanol–water partition coefficient (Wildman–Crippen LogP) is 1.92. The molecule has 0 spiro atoms. The van der Waals surface area contributed by atoms with E-state index in [1.165, 1.54) is 4.31 Å². The van der Waals surface area contributed by atoms with Crippen molar-refractivity contribution in [3.8, 4) is 0 Å². The second-order valence-corrected chi connectivity index (χ2v) is 8.88. The minimum absolute atomic E-state index is 0.104. The summed E-state index contributed by atoms with van der Waals surface area (Å²) < 4.78 is 26.2. The number of hydrogen-bond acceptors (Lipinski definition) is 4. The fourth-order valence-corrected chi connectivity index (χ4v) is 4.94. The van der Waals surface area contributed by atoms with E-state index in [1.807, 2.05) is 50.2 Å². The zero-order chi connectivity index (χ0) is 18.6. The Morgan fingerprint density at radius 1 is 1.20 bits per heavy atom. The van der Waals surface area contributed by atoms with Crippen molar-refractivity contribution in [3.63, 3.8) is 0 Å². The third-order valence-corrected chi connectivity index (χ3v) is 6.63. The van der Waals surface area contributed by atoms with Crippen LogP contribution < -0.4 is 4.90 Å². The van der Waals surface area contributed by atoms with Crippen molar-refractivity contribution in [2.75, 3.05) is 38.3 Å². The molecule has 1 heterocycles. The summed E-state index contributed by atoms with van der Waals surface area (Å²) >= 11 is 0. The van der Waals surface area contributed by atoms with Crippen molar-refractivity contribution in [1.82, 2.24) is 9.21 Å². The zero-order valence-electron chi connectivity index (χ0n) is 15.6. The Labute approximate surface area is 151 Å². The molecular weight excluding hydrogens is 338 g/mol. The summed E-state index contributed by atoms with van der Waals surface area (Å²) in [5, 5.41) is 0. The van der Waals surface area contributed by atoms with Crippen LogP contribution in [0.15, 0.2) is 24.3 Å². The van der Waals surface area contributed by atoms with Crippen LogP contribution in [-0.2, 0) is 21.4 Å². The Bertz CT molecular complexity index is 686. The van der Waals surface area contributed by atoms with Crippen LogP contribution in [0.5, 0.6) is 0 Å². The van der Waals surface area contributed by atoms with Crippen molar-refractivity contribution in [1.29, 1.82) is 0 Å². The Morgan fingerprint density at radius 2 is 1.84 bits per heavy atom. The fraction of sp³-hybridized carbons (Fsp3) is 0.611. The van der Waals surface area contributed by atoms with E-state index in [2.05, 4.69) is 0 Å². The number of sulfonamides is 1. The van der Waals surface area contributed by atoms with Gasteiger partial charge in [0.15, 0.2) is 0 Å². The lowest BCUT2D eigenvalue weighted by Gasteiger charge is -2.27. The van der Waals surface area contributed by atoms with Crippen molar-refractivity contribution < 1.29 is 13.2 Å². The first-order chi connectivity index (χ1) is 11.8. The van der Waals surface area contributed by atoms with Gasteiger partial charge in [-0.25, -0.2) is 8.42 Å². The maximum Gasteiger partial charge on any atom is 0.241 e. The second-order valence-electron chi connectivity index (χ2n) is 6.84. The van der Waals surface area contributed by atoms with Crippen LogP contribution in [0.25, 0.3) is 0 Å². The Balaban J connectivity index is 2.06. The smallest absolute Gasteiger partial charge is 0.241 e. The Morgan fingerprint density at radius 3 is 2.40 bits per heavy atom. The molecule has 0 N–H and O–H groups in total. The van der Waals surface area contributed by atoms with Crippen molar-refractivity contribution in [3.05, 3.63) is 29.8 Å². The van der Waals surface area contributed by atoms with E-state index in [-0.39, 0.29) is 11.7 Å². The highest BCUT2D eigenvalue weighted by Crippen LogP contribution is 2.24. The minimum Gasteiger partial charge on any atom is -0.378 e. The highest BCUT2D eigenvalue weighted by atomic mass is 32.2. The van der Waals surface area contributed by atoms with E-state index in [9.17, 15) is 13.2 Å². The first-order valence-corrected chi connectivity index (χ1v) is 10.4. The number of carbonyl (C=O) groups excluding carboxylic acids is 1. The van der Waals surface area contributed by atoms with E-state index >= 15 is 0 Å². The molecule has 1 aliphatic heterocycles. The third-order valence-electron chi connectivity index (χ3n) is 4.56. The van der Waals surface area contributed by atoms with Gasteiger partial charge < -0.3 is 9.80 Å². The summed E-state index contributed by atoms with van der Waals surface area (Å²) in [5.74, 6) is -0.0131. The van der Waals surface area contributed by atoms with Gasteiger partial charge in [0.25, 0.3) is 0 Å². The standard InChI is InChI=1S/C18H29N3O3S/c1-5-13-25(23,24)21-12-6-7-17(21)18(22)20(4)14-15-8-10-16(11-9-15)19(2)3/h8-11,17H,5-7,12-14H2,1-4H3. The topological polar surface area (TPSA) is 60.9 Å². The van der Waals surface area contributed by atoms with E-state index < -0.39 is 16.1 Å². The summed E-state index contributed by atoms with van der Waals surface area (Å²) in [7, 11) is 2.36. The lowest BCUT2D eigenvalue weighted by molar-refractivity contribution is -0.133. The molecule has 25 heavy (non-hydrogen) atoms. The first kappa shape index (κ1) is 19.7. The van der Waals surface area contributed by atoms with E-state index in [0.717, 1.165) is 17.7 Å². The van der Waals surface area contributed by atoms with Crippen LogP contribution in [0.4, 0.5) is 5.69 Å². The summed E-state index contributed by atoms with van der Waals surface area (Å²) in [5.41, 5.74) is 2.13. The van der Waals surface area contributed by atoms with Gasteiger partial charge in [-0.3, -0.25) is 4.79 Å². The molecule has 0 saturated carbocycles. The maximum absolute atomic E-state index is 12.8. The molecule has 1 unspecified atom stereocenters. The molecule has 0 bridgehead atoms. The molecule has 1 amide bonds. The molecule has 1 atom stereocenters. The molecular formula is C18H29N3O3S.